The summed E-state index contributed by atoms with van der Waals surface area (Å²) in [7, 11) is 3.84. The average molecular weight is 295 g/mol. The number of nitrogens with one attached hydrogen (secondary N) is 1. The zero-order valence-electron chi connectivity index (χ0n) is 13.1. The molecule has 0 radical (unpaired) electrons. The van der Waals surface area contributed by atoms with E-state index in [4.69, 9.17) is 9.26 Å². The molecule has 21 heavy (non-hydrogen) atoms. The van der Waals surface area contributed by atoms with Crippen LogP contribution >= 0.6 is 0 Å². The van der Waals surface area contributed by atoms with Gasteiger partial charge in [0.1, 0.15) is 0 Å². The van der Waals surface area contributed by atoms with E-state index >= 15 is 0 Å². The lowest BCUT2D eigenvalue weighted by Crippen LogP contribution is -2.39. The van der Waals surface area contributed by atoms with Gasteiger partial charge in [-0.05, 0) is 25.2 Å². The van der Waals surface area contributed by atoms with Crippen molar-refractivity contribution < 1.29 is 9.26 Å². The quantitative estimate of drug-likeness (QED) is 0.650. The summed E-state index contributed by atoms with van der Waals surface area (Å²) in [4.78, 5) is 10.6. The molecule has 0 amide bonds. The molecule has 1 aliphatic heterocycles. The van der Waals surface area contributed by atoms with E-state index < -0.39 is 0 Å². The van der Waals surface area contributed by atoms with Crippen molar-refractivity contribution in [3.8, 4) is 0 Å². The average Bonchev–Trinajstić information content (AvgIpc) is 2.92. The molecule has 0 bridgehead atoms. The highest BCUT2D eigenvalue weighted by Gasteiger charge is 2.15. The summed E-state index contributed by atoms with van der Waals surface area (Å²) in [6.07, 6.45) is 3.51. The summed E-state index contributed by atoms with van der Waals surface area (Å²) in [5.74, 6) is 2.84. The molecule has 2 heterocycles. The maximum absolute atomic E-state index is 5.39. The predicted octanol–water partition coefficient (Wildman–Crippen LogP) is 1.20. The van der Waals surface area contributed by atoms with Crippen molar-refractivity contribution in [3.63, 3.8) is 0 Å². The fourth-order valence-electron chi connectivity index (χ4n) is 2.47. The number of nitrogens with zero attached hydrogens (tertiary/aromatic N) is 4. The summed E-state index contributed by atoms with van der Waals surface area (Å²) in [6.45, 7) is 5.09. The molecule has 1 aliphatic rings. The molecular formula is C14H25N5O2. The zero-order valence-corrected chi connectivity index (χ0v) is 13.1. The Hall–Kier alpha value is -1.63. The summed E-state index contributed by atoms with van der Waals surface area (Å²) in [5.41, 5.74) is 0. The van der Waals surface area contributed by atoms with E-state index in [1.165, 1.54) is 19.3 Å². The van der Waals surface area contributed by atoms with Gasteiger partial charge in [-0.15, -0.1) is 0 Å². The number of ether oxygens (including phenoxy) is 1. The number of aryl methyl sites for hydroxylation is 1. The zero-order chi connectivity index (χ0) is 15.1. The van der Waals surface area contributed by atoms with Crippen LogP contribution in [-0.2, 0) is 11.3 Å². The molecule has 7 heteroatoms. The summed E-state index contributed by atoms with van der Waals surface area (Å²) in [5, 5.41) is 7.12. The van der Waals surface area contributed by atoms with Crippen molar-refractivity contribution in [1.29, 1.82) is 0 Å². The van der Waals surface area contributed by atoms with Gasteiger partial charge in [0.05, 0.1) is 6.54 Å². The molecular weight excluding hydrogens is 270 g/mol. The van der Waals surface area contributed by atoms with Gasteiger partial charge in [-0.3, -0.25) is 4.99 Å². The maximum Gasteiger partial charge on any atom is 0.223 e. The summed E-state index contributed by atoms with van der Waals surface area (Å²) in [6, 6.07) is 0. The third-order valence-corrected chi connectivity index (χ3v) is 3.76. The van der Waals surface area contributed by atoms with Crippen LogP contribution in [0.4, 0.5) is 0 Å². The Morgan fingerprint density at radius 3 is 2.81 bits per heavy atom. The van der Waals surface area contributed by atoms with Crippen LogP contribution in [0.5, 0.6) is 0 Å². The number of guanidine groups is 1. The Kier molecular flexibility index (Phi) is 5.98. The second kappa shape index (κ2) is 7.97. The first kappa shape index (κ1) is 15.8. The lowest BCUT2D eigenvalue weighted by atomic mass is 9.96. The minimum absolute atomic E-state index is 0.519. The molecule has 1 aromatic rings. The molecule has 0 aliphatic carbocycles. The van der Waals surface area contributed by atoms with Crippen LogP contribution in [0.2, 0.25) is 0 Å². The SMILES string of the molecule is CN=C(NCc1noc(C)n1)N(C)CCC1CCOCC1. The number of rotatable bonds is 5. The second-order valence-corrected chi connectivity index (χ2v) is 5.40. The van der Waals surface area contributed by atoms with Crippen LogP contribution < -0.4 is 5.32 Å². The molecule has 1 aromatic heterocycles. The highest BCUT2D eigenvalue weighted by molar-refractivity contribution is 5.79. The summed E-state index contributed by atoms with van der Waals surface area (Å²) < 4.78 is 10.3. The Morgan fingerprint density at radius 2 is 2.19 bits per heavy atom. The predicted molar refractivity (Wildman–Crippen MR) is 80.0 cm³/mol. The fraction of sp³-hybridized carbons (Fsp3) is 0.786. The Bertz CT molecular complexity index is 454. The van der Waals surface area contributed by atoms with Crippen molar-refractivity contribution in [3.05, 3.63) is 11.7 Å². The Balaban J connectivity index is 1.74. The number of aliphatic imine (C=N–C) groups is 1. The van der Waals surface area contributed by atoms with Crippen molar-refractivity contribution in [2.45, 2.75) is 32.7 Å². The standard InChI is InChI=1S/C14H25N5O2/c1-11-17-13(18-21-11)10-16-14(15-2)19(3)7-4-12-5-8-20-9-6-12/h12H,4-10H2,1-3H3,(H,15,16). The topological polar surface area (TPSA) is 75.8 Å². The molecule has 1 saturated heterocycles. The van der Waals surface area contributed by atoms with Crippen molar-refractivity contribution >= 4 is 5.96 Å². The first-order valence-electron chi connectivity index (χ1n) is 7.47. The minimum Gasteiger partial charge on any atom is -0.381 e. The molecule has 0 saturated carbocycles. The Morgan fingerprint density at radius 1 is 1.43 bits per heavy atom. The lowest BCUT2D eigenvalue weighted by Gasteiger charge is -2.26. The maximum atomic E-state index is 5.39. The van der Waals surface area contributed by atoms with Crippen LogP contribution in [0.3, 0.4) is 0 Å². The van der Waals surface area contributed by atoms with Crippen molar-refractivity contribution in [2.24, 2.45) is 10.9 Å². The molecule has 118 valence electrons. The van der Waals surface area contributed by atoms with Gasteiger partial charge in [0.25, 0.3) is 0 Å². The molecule has 0 aromatic carbocycles. The molecule has 1 N–H and O–H groups in total. The third kappa shape index (κ3) is 5.00. The summed E-state index contributed by atoms with van der Waals surface area (Å²) >= 11 is 0. The highest BCUT2D eigenvalue weighted by atomic mass is 16.5. The number of aromatic nitrogens is 2. The largest absolute Gasteiger partial charge is 0.381 e. The van der Waals surface area contributed by atoms with Gasteiger partial charge >= 0.3 is 0 Å². The van der Waals surface area contributed by atoms with Gasteiger partial charge in [0, 0.05) is 40.8 Å². The Labute approximate surface area is 125 Å². The first-order chi connectivity index (χ1) is 10.2. The van der Waals surface area contributed by atoms with Crippen molar-refractivity contribution in [2.75, 3.05) is 33.9 Å². The van der Waals surface area contributed by atoms with E-state index in [1.54, 1.807) is 14.0 Å². The highest BCUT2D eigenvalue weighted by Crippen LogP contribution is 2.18. The molecule has 0 spiro atoms. The van der Waals surface area contributed by atoms with Gasteiger partial charge in [0.15, 0.2) is 11.8 Å². The number of hydrogen-bond acceptors (Lipinski definition) is 5. The first-order valence-corrected chi connectivity index (χ1v) is 7.47. The second-order valence-electron chi connectivity index (χ2n) is 5.40. The van der Waals surface area contributed by atoms with Crippen molar-refractivity contribution in [1.82, 2.24) is 20.4 Å². The normalized spacial score (nSPS) is 17.0. The van der Waals surface area contributed by atoms with Gasteiger partial charge < -0.3 is 19.5 Å². The van der Waals surface area contributed by atoms with Gasteiger partial charge in [-0.2, -0.15) is 4.98 Å². The van der Waals surface area contributed by atoms with Gasteiger partial charge in [-0.1, -0.05) is 5.16 Å². The molecule has 2 rings (SSSR count). The molecule has 7 nitrogen and oxygen atoms in total. The smallest absolute Gasteiger partial charge is 0.223 e. The van der Waals surface area contributed by atoms with E-state index in [2.05, 4.69) is 32.4 Å². The van der Waals surface area contributed by atoms with E-state index in [1.807, 2.05) is 0 Å². The van der Waals surface area contributed by atoms with E-state index in [0.29, 0.717) is 18.3 Å². The van der Waals surface area contributed by atoms with E-state index in [-0.39, 0.29) is 0 Å². The minimum atomic E-state index is 0.519. The molecule has 0 atom stereocenters. The van der Waals surface area contributed by atoms with Gasteiger partial charge in [0.2, 0.25) is 5.89 Å². The van der Waals surface area contributed by atoms with Gasteiger partial charge in [-0.25, -0.2) is 0 Å². The molecule has 0 unspecified atom stereocenters. The van der Waals surface area contributed by atoms with E-state index in [9.17, 15) is 0 Å². The van der Waals surface area contributed by atoms with Crippen LogP contribution in [0.1, 0.15) is 31.0 Å². The lowest BCUT2D eigenvalue weighted by molar-refractivity contribution is 0.0625. The number of hydrogen-bond donors (Lipinski definition) is 1. The van der Waals surface area contributed by atoms with Crippen LogP contribution in [0.15, 0.2) is 9.52 Å². The molecule has 1 fully saturated rings. The monoisotopic (exact) mass is 295 g/mol. The van der Waals surface area contributed by atoms with Crippen LogP contribution in [0, 0.1) is 12.8 Å². The van der Waals surface area contributed by atoms with Crippen LogP contribution in [-0.4, -0.2) is 54.9 Å². The van der Waals surface area contributed by atoms with E-state index in [0.717, 1.165) is 31.6 Å². The third-order valence-electron chi connectivity index (χ3n) is 3.76. The van der Waals surface area contributed by atoms with Crippen LogP contribution in [0.25, 0.3) is 0 Å². The fourth-order valence-corrected chi connectivity index (χ4v) is 2.47.